The molecule has 0 bridgehead atoms. The van der Waals surface area contributed by atoms with Crippen LogP contribution >= 0.6 is 0 Å². The number of anilines is 1. The Morgan fingerprint density at radius 3 is 2.67 bits per heavy atom. The lowest BCUT2D eigenvalue weighted by molar-refractivity contribution is 0.0598. The number of rotatable bonds is 3. The highest BCUT2D eigenvalue weighted by molar-refractivity contribution is 5.94. The van der Waals surface area contributed by atoms with Crippen LogP contribution in [0.15, 0.2) is 48.6 Å². The minimum atomic E-state index is -0.930. The van der Waals surface area contributed by atoms with E-state index in [2.05, 4.69) is 17.5 Å². The van der Waals surface area contributed by atoms with Gasteiger partial charge >= 0.3 is 11.9 Å². The summed E-state index contributed by atoms with van der Waals surface area (Å²) >= 11 is 0. The summed E-state index contributed by atoms with van der Waals surface area (Å²) in [5.41, 5.74) is 4.52. The molecule has 2 aromatic rings. The van der Waals surface area contributed by atoms with Crippen LogP contribution in [-0.2, 0) is 4.74 Å². The number of carboxylic acids is 1. The second kappa shape index (κ2) is 6.58. The third-order valence-corrected chi connectivity index (χ3v) is 5.66. The fraction of sp³-hybridized carbons (Fsp3) is 0.273. The molecule has 5 heteroatoms. The number of allylic oxidation sites excluding steroid dienone is 2. The average molecular weight is 363 g/mol. The largest absolute Gasteiger partial charge is 0.478 e. The van der Waals surface area contributed by atoms with E-state index in [0.29, 0.717) is 11.1 Å². The molecule has 1 aliphatic carbocycles. The highest BCUT2D eigenvalue weighted by Gasteiger charge is 2.41. The smallest absolute Gasteiger partial charge is 0.338 e. The minimum absolute atomic E-state index is 0.0436. The molecule has 3 atom stereocenters. The molecule has 138 valence electrons. The van der Waals surface area contributed by atoms with Crippen molar-refractivity contribution in [1.29, 1.82) is 0 Å². The Balaban J connectivity index is 1.89. The molecule has 0 aromatic heterocycles. The zero-order valence-corrected chi connectivity index (χ0v) is 15.2. The van der Waals surface area contributed by atoms with E-state index in [1.54, 1.807) is 12.1 Å². The highest BCUT2D eigenvalue weighted by atomic mass is 16.5. The molecule has 0 fully saturated rings. The molecule has 0 radical (unpaired) electrons. The van der Waals surface area contributed by atoms with Crippen molar-refractivity contribution in [2.75, 3.05) is 12.4 Å². The molecule has 1 aliphatic heterocycles. The number of benzene rings is 2. The molecule has 4 rings (SSSR count). The molecule has 2 aromatic carbocycles. The first-order chi connectivity index (χ1) is 13.0. The molecule has 2 N–H and O–H groups in total. The number of hydrogen-bond donors (Lipinski definition) is 2. The van der Waals surface area contributed by atoms with Crippen LogP contribution in [0.5, 0.6) is 0 Å². The van der Waals surface area contributed by atoms with Gasteiger partial charge in [0.1, 0.15) is 0 Å². The molecule has 5 nitrogen and oxygen atoms in total. The van der Waals surface area contributed by atoms with E-state index in [1.165, 1.54) is 7.11 Å². The lowest BCUT2D eigenvalue weighted by Crippen LogP contribution is -2.32. The van der Waals surface area contributed by atoms with E-state index < -0.39 is 5.97 Å². The number of aryl methyl sites for hydroxylation is 1. The average Bonchev–Trinajstić information content (AvgIpc) is 3.17. The van der Waals surface area contributed by atoms with Gasteiger partial charge < -0.3 is 15.2 Å². The predicted octanol–water partition coefficient (Wildman–Crippen LogP) is 4.31. The van der Waals surface area contributed by atoms with Gasteiger partial charge in [0.05, 0.1) is 24.3 Å². The standard InChI is InChI=1S/C22H21NO4/c1-12-10-11-17(22(26)27-2)18-13-8-5-9-14(13)20(23-19(12)18)15-6-3-4-7-16(15)21(24)25/h3-8,10-11,13-14,20,23H,9H2,1-2H3,(H,24,25)/t13-,14+,20-/m1/s1. The van der Waals surface area contributed by atoms with Crippen LogP contribution in [-0.4, -0.2) is 24.2 Å². The lowest BCUT2D eigenvalue weighted by atomic mass is 9.74. The third-order valence-electron chi connectivity index (χ3n) is 5.66. The second-order valence-electron chi connectivity index (χ2n) is 7.08. The van der Waals surface area contributed by atoms with E-state index >= 15 is 0 Å². The Bertz CT molecular complexity index is 963. The van der Waals surface area contributed by atoms with E-state index in [1.807, 2.05) is 31.2 Å². The van der Waals surface area contributed by atoms with Gasteiger partial charge in [-0.2, -0.15) is 0 Å². The molecule has 0 unspecified atom stereocenters. The zero-order chi connectivity index (χ0) is 19.1. The van der Waals surface area contributed by atoms with Crippen molar-refractivity contribution in [2.24, 2.45) is 5.92 Å². The molecule has 0 spiro atoms. The van der Waals surface area contributed by atoms with Crippen LogP contribution < -0.4 is 5.32 Å². The number of carbonyl (C=O) groups excluding carboxylic acids is 1. The van der Waals surface area contributed by atoms with Gasteiger partial charge in [-0.1, -0.05) is 36.4 Å². The number of aromatic carboxylic acids is 1. The van der Waals surface area contributed by atoms with Crippen LogP contribution in [0, 0.1) is 12.8 Å². The van der Waals surface area contributed by atoms with E-state index in [0.717, 1.165) is 28.8 Å². The van der Waals surface area contributed by atoms with E-state index in [-0.39, 0.29) is 23.8 Å². The van der Waals surface area contributed by atoms with Gasteiger partial charge in [-0.25, -0.2) is 9.59 Å². The number of nitrogens with one attached hydrogen (secondary N) is 1. The molecule has 0 saturated heterocycles. The van der Waals surface area contributed by atoms with Gasteiger partial charge in [0.2, 0.25) is 0 Å². The Hall–Kier alpha value is -3.08. The van der Waals surface area contributed by atoms with Gasteiger partial charge in [0.15, 0.2) is 0 Å². The minimum Gasteiger partial charge on any atom is -0.478 e. The number of esters is 1. The summed E-state index contributed by atoms with van der Waals surface area (Å²) in [6, 6.07) is 10.7. The normalized spacial score (nSPS) is 22.5. The summed E-state index contributed by atoms with van der Waals surface area (Å²) in [5.74, 6) is -1.09. The summed E-state index contributed by atoms with van der Waals surface area (Å²) in [7, 11) is 1.39. The van der Waals surface area contributed by atoms with Gasteiger partial charge in [-0.3, -0.25) is 0 Å². The number of carbonyl (C=O) groups is 2. The van der Waals surface area contributed by atoms with Crippen molar-refractivity contribution in [3.05, 3.63) is 76.4 Å². The maximum absolute atomic E-state index is 12.3. The molecule has 0 saturated carbocycles. The van der Waals surface area contributed by atoms with Gasteiger partial charge in [0, 0.05) is 11.6 Å². The van der Waals surface area contributed by atoms with Crippen molar-refractivity contribution in [1.82, 2.24) is 0 Å². The van der Waals surface area contributed by atoms with Crippen LogP contribution in [0.2, 0.25) is 0 Å². The Kier molecular flexibility index (Phi) is 4.22. The number of fused-ring (bicyclic) bond motifs is 3. The Labute approximate surface area is 157 Å². The van der Waals surface area contributed by atoms with Crippen molar-refractivity contribution in [3.8, 4) is 0 Å². The fourth-order valence-corrected chi connectivity index (χ4v) is 4.41. The maximum Gasteiger partial charge on any atom is 0.338 e. The first-order valence-electron chi connectivity index (χ1n) is 9.00. The number of ether oxygens (including phenoxy) is 1. The molecule has 2 aliphatic rings. The number of carboxylic acid groups (broad SMARTS) is 1. The Morgan fingerprint density at radius 1 is 1.15 bits per heavy atom. The van der Waals surface area contributed by atoms with E-state index in [4.69, 9.17) is 4.74 Å². The first-order valence-corrected chi connectivity index (χ1v) is 9.00. The van der Waals surface area contributed by atoms with Crippen molar-refractivity contribution in [3.63, 3.8) is 0 Å². The maximum atomic E-state index is 12.3. The van der Waals surface area contributed by atoms with Crippen LogP contribution in [0.25, 0.3) is 0 Å². The van der Waals surface area contributed by atoms with Gasteiger partial charge in [-0.15, -0.1) is 0 Å². The quantitative estimate of drug-likeness (QED) is 0.628. The van der Waals surface area contributed by atoms with Gasteiger partial charge in [-0.05, 0) is 48.1 Å². The number of methoxy groups -OCH3 is 1. The molecule has 27 heavy (non-hydrogen) atoms. The lowest BCUT2D eigenvalue weighted by Gasteiger charge is -2.39. The SMILES string of the molecule is COC(=O)c1ccc(C)c2c1[C@@H]1C=CC[C@@H]1[C@H](c1ccccc1C(=O)O)N2. The van der Waals surface area contributed by atoms with E-state index in [9.17, 15) is 14.7 Å². The fourth-order valence-electron chi connectivity index (χ4n) is 4.41. The summed E-state index contributed by atoms with van der Waals surface area (Å²) in [6.07, 6.45) is 5.07. The van der Waals surface area contributed by atoms with Crippen LogP contribution in [0.3, 0.4) is 0 Å². The molecular formula is C22H21NO4. The highest BCUT2D eigenvalue weighted by Crippen LogP contribution is 2.52. The topological polar surface area (TPSA) is 75.6 Å². The summed E-state index contributed by atoms with van der Waals surface area (Å²) in [6.45, 7) is 1.99. The molecule has 0 amide bonds. The zero-order valence-electron chi connectivity index (χ0n) is 15.2. The van der Waals surface area contributed by atoms with Gasteiger partial charge in [0.25, 0.3) is 0 Å². The van der Waals surface area contributed by atoms with Crippen LogP contribution in [0.4, 0.5) is 5.69 Å². The second-order valence-corrected chi connectivity index (χ2v) is 7.08. The molecular weight excluding hydrogens is 342 g/mol. The first kappa shape index (κ1) is 17.3. The van der Waals surface area contributed by atoms with Crippen molar-refractivity contribution < 1.29 is 19.4 Å². The predicted molar refractivity (Wildman–Crippen MR) is 102 cm³/mol. The monoisotopic (exact) mass is 363 g/mol. The summed E-state index contributed by atoms with van der Waals surface area (Å²) < 4.78 is 4.98. The summed E-state index contributed by atoms with van der Waals surface area (Å²) in [4.78, 5) is 24.1. The third kappa shape index (κ3) is 2.70. The molecule has 1 heterocycles. The van der Waals surface area contributed by atoms with Crippen molar-refractivity contribution >= 4 is 17.6 Å². The number of hydrogen-bond acceptors (Lipinski definition) is 4. The Morgan fingerprint density at radius 2 is 1.93 bits per heavy atom. The van der Waals surface area contributed by atoms with Crippen molar-refractivity contribution in [2.45, 2.75) is 25.3 Å². The van der Waals surface area contributed by atoms with Crippen LogP contribution in [0.1, 0.15) is 55.8 Å². The summed E-state index contributed by atoms with van der Waals surface area (Å²) in [5, 5.41) is 13.2.